The van der Waals surface area contributed by atoms with Gasteiger partial charge in [-0.05, 0) is 42.0 Å². The number of hydrogen-bond acceptors (Lipinski definition) is 6. The normalized spacial score (nSPS) is 13.4. The number of pyridine rings is 1. The minimum Gasteiger partial charge on any atom is -0.497 e. The number of nitrogens with zero attached hydrogens (tertiary/aromatic N) is 3. The number of aromatic nitrogens is 2. The molecule has 0 saturated heterocycles. The number of carbonyl (C=O) groups excluding carboxylic acids is 1. The molecule has 2 aromatic heterocycles. The summed E-state index contributed by atoms with van der Waals surface area (Å²) >= 11 is 0. The molecular formula is C25H18N4O4S. The summed E-state index contributed by atoms with van der Waals surface area (Å²) in [4.78, 5) is 17.9. The first-order valence-electron chi connectivity index (χ1n) is 10.3. The van der Waals surface area contributed by atoms with Crippen LogP contribution in [0.3, 0.4) is 0 Å². The maximum Gasteiger partial charge on any atom is 0.230 e. The number of hydrogen-bond donors (Lipinski definition) is 1. The van der Waals surface area contributed by atoms with Crippen LogP contribution in [0.4, 0.5) is 5.69 Å². The number of nitriles is 1. The Hall–Kier alpha value is -4.42. The lowest BCUT2D eigenvalue weighted by atomic mass is 10.1. The fourth-order valence-electron chi connectivity index (χ4n) is 3.90. The summed E-state index contributed by atoms with van der Waals surface area (Å²) < 4.78 is 31.4. The summed E-state index contributed by atoms with van der Waals surface area (Å²) in [6.07, 6.45) is 3.31. The van der Waals surface area contributed by atoms with Gasteiger partial charge in [-0.3, -0.25) is 4.79 Å². The summed E-state index contributed by atoms with van der Waals surface area (Å²) in [7, 11) is -1.91. The number of amides is 1. The number of rotatable bonds is 5. The van der Waals surface area contributed by atoms with Crippen molar-refractivity contribution in [1.82, 2.24) is 9.38 Å². The van der Waals surface area contributed by atoms with Gasteiger partial charge in [0.1, 0.15) is 11.4 Å². The number of ether oxygens (including phenoxy) is 1. The van der Waals surface area contributed by atoms with Gasteiger partial charge in [0.2, 0.25) is 15.7 Å². The monoisotopic (exact) mass is 470 g/mol. The molecule has 1 N–H and O–H groups in total. The van der Waals surface area contributed by atoms with E-state index in [1.165, 1.54) is 12.1 Å². The Kier molecular flexibility index (Phi) is 5.15. The van der Waals surface area contributed by atoms with Crippen LogP contribution in [0.2, 0.25) is 0 Å². The summed E-state index contributed by atoms with van der Waals surface area (Å²) in [5.41, 5.74) is 4.14. The second-order valence-electron chi connectivity index (χ2n) is 7.72. The molecule has 168 valence electrons. The zero-order valence-corrected chi connectivity index (χ0v) is 18.8. The molecule has 0 bridgehead atoms. The third-order valence-corrected chi connectivity index (χ3v) is 7.04. The number of sulfone groups is 1. The third-order valence-electron chi connectivity index (χ3n) is 5.58. The SMILES string of the molecule is COc1ccn2c(CC(=O)Nc3ccc4c(c3)S(=O)(=O)C=C4)c(-c3ccc(C#N)cc3)nc2c1. The molecule has 0 saturated carbocycles. The minimum atomic E-state index is -3.48. The smallest absolute Gasteiger partial charge is 0.230 e. The van der Waals surface area contributed by atoms with E-state index in [1.54, 1.807) is 61.8 Å². The standard InChI is InChI=1S/C25H18N4O4S/c1-33-20-8-10-29-21(25(28-23(29)13-20)18-4-2-16(15-26)3-5-18)14-24(30)27-19-7-6-17-9-11-34(31,32)22(17)12-19/h2-13H,14H2,1H3,(H,27,30). The van der Waals surface area contributed by atoms with Crippen molar-refractivity contribution >= 4 is 33.2 Å². The highest BCUT2D eigenvalue weighted by Crippen LogP contribution is 2.30. The van der Waals surface area contributed by atoms with Crippen molar-refractivity contribution in [3.8, 4) is 23.1 Å². The summed E-state index contributed by atoms with van der Waals surface area (Å²) in [5, 5.41) is 13.0. The molecule has 0 unspecified atom stereocenters. The Morgan fingerprint density at radius 3 is 2.68 bits per heavy atom. The predicted octanol–water partition coefficient (Wildman–Crippen LogP) is 3.82. The van der Waals surface area contributed by atoms with Gasteiger partial charge < -0.3 is 14.5 Å². The van der Waals surface area contributed by atoms with Crippen LogP contribution in [0.5, 0.6) is 5.75 Å². The van der Waals surface area contributed by atoms with Crippen molar-refractivity contribution in [2.45, 2.75) is 11.3 Å². The van der Waals surface area contributed by atoms with E-state index in [2.05, 4.69) is 11.4 Å². The van der Waals surface area contributed by atoms with Crippen molar-refractivity contribution in [3.05, 3.63) is 83.0 Å². The molecule has 0 atom stereocenters. The van der Waals surface area contributed by atoms with Crippen molar-refractivity contribution in [1.29, 1.82) is 5.26 Å². The first kappa shape index (κ1) is 21.4. The van der Waals surface area contributed by atoms with Crippen molar-refractivity contribution in [3.63, 3.8) is 0 Å². The molecule has 34 heavy (non-hydrogen) atoms. The van der Waals surface area contributed by atoms with Crippen LogP contribution >= 0.6 is 0 Å². The van der Waals surface area contributed by atoms with E-state index in [0.29, 0.717) is 39.6 Å². The quantitative estimate of drug-likeness (QED) is 0.474. The maximum atomic E-state index is 13.0. The van der Waals surface area contributed by atoms with E-state index in [9.17, 15) is 13.2 Å². The number of imidazole rings is 1. The average molecular weight is 471 g/mol. The lowest BCUT2D eigenvalue weighted by Crippen LogP contribution is -2.16. The van der Waals surface area contributed by atoms with Crippen LogP contribution in [0.1, 0.15) is 16.8 Å². The van der Waals surface area contributed by atoms with E-state index in [0.717, 1.165) is 11.0 Å². The Labute approximate surface area is 195 Å². The van der Waals surface area contributed by atoms with Crippen LogP contribution in [-0.2, 0) is 21.1 Å². The summed E-state index contributed by atoms with van der Waals surface area (Å²) in [5.74, 6) is 0.309. The van der Waals surface area contributed by atoms with E-state index < -0.39 is 9.84 Å². The number of carbonyl (C=O) groups is 1. The maximum absolute atomic E-state index is 13.0. The van der Waals surface area contributed by atoms with Crippen LogP contribution < -0.4 is 10.1 Å². The topological polar surface area (TPSA) is 114 Å². The number of fused-ring (bicyclic) bond motifs is 2. The molecule has 0 radical (unpaired) electrons. The molecule has 5 rings (SSSR count). The molecule has 8 nitrogen and oxygen atoms in total. The molecule has 1 aliphatic heterocycles. The number of anilines is 1. The highest BCUT2D eigenvalue weighted by molar-refractivity contribution is 7.94. The summed E-state index contributed by atoms with van der Waals surface area (Å²) in [6.45, 7) is 0. The van der Waals surface area contributed by atoms with Gasteiger partial charge in [-0.15, -0.1) is 0 Å². The summed E-state index contributed by atoms with van der Waals surface area (Å²) in [6, 6.07) is 17.4. The van der Waals surface area contributed by atoms with Crippen molar-refractivity contribution in [2.75, 3.05) is 12.4 Å². The van der Waals surface area contributed by atoms with Crippen molar-refractivity contribution < 1.29 is 17.9 Å². The zero-order valence-electron chi connectivity index (χ0n) is 18.0. The van der Waals surface area contributed by atoms with E-state index in [1.807, 2.05) is 4.40 Å². The fourth-order valence-corrected chi connectivity index (χ4v) is 5.12. The van der Waals surface area contributed by atoms with Gasteiger partial charge in [-0.1, -0.05) is 18.2 Å². The Bertz CT molecular complexity index is 1630. The molecule has 3 heterocycles. The minimum absolute atomic E-state index is 0.00901. The number of methoxy groups -OCH3 is 1. The number of benzene rings is 2. The van der Waals surface area contributed by atoms with Gasteiger partial charge in [0.05, 0.1) is 41.4 Å². The molecule has 0 aliphatic carbocycles. The number of nitrogens with one attached hydrogen (secondary N) is 1. The van der Waals surface area contributed by atoms with Crippen LogP contribution in [0, 0.1) is 11.3 Å². The van der Waals surface area contributed by atoms with E-state index in [4.69, 9.17) is 15.0 Å². The first-order valence-corrected chi connectivity index (χ1v) is 11.9. The highest BCUT2D eigenvalue weighted by atomic mass is 32.2. The molecule has 1 aliphatic rings. The van der Waals surface area contributed by atoms with E-state index >= 15 is 0 Å². The fraction of sp³-hybridized carbons (Fsp3) is 0.0800. The molecule has 4 aromatic rings. The van der Waals surface area contributed by atoms with Crippen LogP contribution in [0.25, 0.3) is 23.0 Å². The van der Waals surface area contributed by atoms with Gasteiger partial charge in [0.15, 0.2) is 0 Å². The van der Waals surface area contributed by atoms with Gasteiger partial charge in [-0.25, -0.2) is 13.4 Å². The van der Waals surface area contributed by atoms with Gasteiger partial charge in [0.25, 0.3) is 0 Å². The Morgan fingerprint density at radius 1 is 1.15 bits per heavy atom. The van der Waals surface area contributed by atoms with Gasteiger partial charge >= 0.3 is 0 Å². The third kappa shape index (κ3) is 3.80. The second kappa shape index (κ2) is 8.17. The molecule has 0 spiro atoms. The lowest BCUT2D eigenvalue weighted by molar-refractivity contribution is -0.115. The Morgan fingerprint density at radius 2 is 1.94 bits per heavy atom. The molecule has 0 fully saturated rings. The average Bonchev–Trinajstić information content (AvgIpc) is 3.35. The molecular weight excluding hydrogens is 452 g/mol. The van der Waals surface area contributed by atoms with Crippen LogP contribution in [0.15, 0.2) is 71.1 Å². The Balaban J connectivity index is 1.50. The zero-order chi connectivity index (χ0) is 23.9. The lowest BCUT2D eigenvalue weighted by Gasteiger charge is -2.09. The largest absolute Gasteiger partial charge is 0.497 e. The van der Waals surface area contributed by atoms with Crippen LogP contribution in [-0.4, -0.2) is 30.8 Å². The van der Waals surface area contributed by atoms with Crippen molar-refractivity contribution in [2.24, 2.45) is 0 Å². The highest BCUT2D eigenvalue weighted by Gasteiger charge is 2.22. The molecule has 9 heteroatoms. The van der Waals surface area contributed by atoms with E-state index in [-0.39, 0.29) is 17.2 Å². The van der Waals surface area contributed by atoms with Gasteiger partial charge in [-0.2, -0.15) is 5.26 Å². The molecule has 2 aromatic carbocycles. The van der Waals surface area contributed by atoms with Gasteiger partial charge in [0, 0.05) is 28.9 Å². The second-order valence-corrected chi connectivity index (χ2v) is 9.52. The molecule has 1 amide bonds. The first-order chi connectivity index (χ1) is 16.4. The predicted molar refractivity (Wildman–Crippen MR) is 127 cm³/mol.